The first-order chi connectivity index (χ1) is 16.5. The maximum Gasteiger partial charge on any atom is 0.254 e. The Labute approximate surface area is 200 Å². The van der Waals surface area contributed by atoms with Crippen LogP contribution in [0.1, 0.15) is 41.6 Å². The predicted molar refractivity (Wildman–Crippen MR) is 125 cm³/mol. The second-order valence-corrected chi connectivity index (χ2v) is 9.88. The van der Waals surface area contributed by atoms with Gasteiger partial charge in [-0.15, -0.1) is 11.8 Å². The fourth-order valence-electron chi connectivity index (χ4n) is 4.92. The molecule has 3 aromatic carbocycles. The minimum atomic E-state index is -0.707. The normalized spacial score (nSPS) is 21.5. The number of benzene rings is 3. The summed E-state index contributed by atoms with van der Waals surface area (Å²) in [5.74, 6) is -0.852. The fraction of sp³-hybridized carbons (Fsp3) is 0.296. The minimum absolute atomic E-state index is 0.00301. The molecule has 34 heavy (non-hydrogen) atoms. The van der Waals surface area contributed by atoms with Crippen LogP contribution < -0.4 is 4.74 Å². The molecule has 2 heterocycles. The molecule has 0 saturated carbocycles. The number of carbonyl (C=O) groups is 1. The van der Waals surface area contributed by atoms with E-state index in [4.69, 9.17) is 4.74 Å². The van der Waals surface area contributed by atoms with Crippen LogP contribution in [0.2, 0.25) is 0 Å². The number of thioether (sulfide) groups is 1. The van der Waals surface area contributed by atoms with E-state index >= 15 is 0 Å². The van der Waals surface area contributed by atoms with Gasteiger partial charge in [-0.05, 0) is 60.9 Å². The van der Waals surface area contributed by atoms with Gasteiger partial charge in [0.25, 0.3) is 5.91 Å². The maximum absolute atomic E-state index is 14.0. The van der Waals surface area contributed by atoms with Crippen LogP contribution >= 0.6 is 11.8 Å². The number of halogens is 3. The molecular weight excluding hydrogens is 459 g/mol. The lowest BCUT2D eigenvalue weighted by Crippen LogP contribution is -2.49. The van der Waals surface area contributed by atoms with Crippen molar-refractivity contribution in [3.63, 3.8) is 0 Å². The second kappa shape index (κ2) is 9.74. The first kappa shape index (κ1) is 22.8. The van der Waals surface area contributed by atoms with Gasteiger partial charge in [0.1, 0.15) is 17.7 Å². The lowest BCUT2D eigenvalue weighted by molar-refractivity contribution is 0.0349. The highest BCUT2D eigenvalue weighted by Gasteiger charge is 2.44. The number of hydrogen-bond donors (Lipinski definition) is 0. The topological polar surface area (TPSA) is 29.5 Å². The minimum Gasteiger partial charge on any atom is -0.487 e. The predicted octanol–water partition coefficient (Wildman–Crippen LogP) is 6.61. The Morgan fingerprint density at radius 1 is 0.912 bits per heavy atom. The molecule has 2 atom stereocenters. The largest absolute Gasteiger partial charge is 0.487 e. The Balaban J connectivity index is 1.20. The summed E-state index contributed by atoms with van der Waals surface area (Å²) in [6.07, 6.45) is 2.83. The zero-order valence-corrected chi connectivity index (χ0v) is 19.2. The molecule has 2 saturated heterocycles. The van der Waals surface area contributed by atoms with Crippen LogP contribution in [0.5, 0.6) is 5.75 Å². The van der Waals surface area contributed by atoms with E-state index in [9.17, 15) is 18.0 Å². The summed E-state index contributed by atoms with van der Waals surface area (Å²) in [4.78, 5) is 16.1. The van der Waals surface area contributed by atoms with Crippen molar-refractivity contribution in [3.8, 4) is 5.75 Å². The number of hydrogen-bond acceptors (Lipinski definition) is 3. The molecule has 2 bridgehead atoms. The van der Waals surface area contributed by atoms with Gasteiger partial charge in [0.15, 0.2) is 11.6 Å². The van der Waals surface area contributed by atoms with Gasteiger partial charge < -0.3 is 9.64 Å². The molecule has 3 aromatic rings. The van der Waals surface area contributed by atoms with Crippen LogP contribution in [-0.4, -0.2) is 29.0 Å². The molecule has 2 aliphatic heterocycles. The lowest BCUT2D eigenvalue weighted by atomic mass is 9.98. The third kappa shape index (κ3) is 4.94. The number of piperidine rings is 1. The standard InChI is InChI=1S/C27H24F3NO2S/c28-19-2-1-3-24(12-19)34-16-17-4-6-18(7-5-17)27(32)31-21-9-10-22(31)15-23(14-21)33-26-11-8-20(29)13-25(26)30/h1-8,11-13,21-23H,9-10,14-16H2. The summed E-state index contributed by atoms with van der Waals surface area (Å²) in [5.41, 5.74) is 1.70. The summed E-state index contributed by atoms with van der Waals surface area (Å²) in [5, 5.41) is 0. The molecule has 0 aromatic heterocycles. The Morgan fingerprint density at radius 2 is 1.62 bits per heavy atom. The molecule has 0 radical (unpaired) electrons. The molecule has 7 heteroatoms. The Kier molecular flexibility index (Phi) is 6.55. The van der Waals surface area contributed by atoms with E-state index in [1.54, 1.807) is 17.8 Å². The summed E-state index contributed by atoms with van der Waals surface area (Å²) in [6.45, 7) is 0. The van der Waals surface area contributed by atoms with Crippen molar-refractivity contribution in [1.29, 1.82) is 0 Å². The van der Waals surface area contributed by atoms with E-state index in [0.717, 1.165) is 29.4 Å². The monoisotopic (exact) mass is 483 g/mol. The Morgan fingerprint density at radius 3 is 2.29 bits per heavy atom. The number of rotatable bonds is 6. The van der Waals surface area contributed by atoms with Crippen LogP contribution in [0.4, 0.5) is 13.2 Å². The molecule has 2 fully saturated rings. The highest BCUT2D eigenvalue weighted by Crippen LogP contribution is 2.38. The van der Waals surface area contributed by atoms with Crippen molar-refractivity contribution >= 4 is 17.7 Å². The first-order valence-corrected chi connectivity index (χ1v) is 12.4. The average molecular weight is 484 g/mol. The lowest BCUT2D eigenvalue weighted by Gasteiger charge is -2.39. The summed E-state index contributed by atoms with van der Waals surface area (Å²) < 4.78 is 46.4. The molecule has 0 spiro atoms. The maximum atomic E-state index is 14.0. The number of nitrogens with zero attached hydrogens (tertiary/aromatic N) is 1. The number of ether oxygens (including phenoxy) is 1. The molecular formula is C27H24F3NO2S. The van der Waals surface area contributed by atoms with Crippen LogP contribution in [0, 0.1) is 17.5 Å². The van der Waals surface area contributed by atoms with Gasteiger partial charge in [0.2, 0.25) is 0 Å². The molecule has 176 valence electrons. The molecule has 2 unspecified atom stereocenters. The van der Waals surface area contributed by atoms with Crippen molar-refractivity contribution in [1.82, 2.24) is 4.90 Å². The van der Waals surface area contributed by atoms with Crippen LogP contribution in [0.3, 0.4) is 0 Å². The number of carbonyl (C=O) groups excluding carboxylic acids is 1. The quantitative estimate of drug-likeness (QED) is 0.370. The summed E-state index contributed by atoms with van der Waals surface area (Å²) in [6, 6.07) is 17.5. The van der Waals surface area contributed by atoms with Gasteiger partial charge in [-0.2, -0.15) is 0 Å². The molecule has 3 nitrogen and oxygen atoms in total. The van der Waals surface area contributed by atoms with E-state index in [2.05, 4.69) is 0 Å². The zero-order valence-electron chi connectivity index (χ0n) is 18.4. The number of fused-ring (bicyclic) bond motifs is 2. The molecule has 1 amide bonds. The van der Waals surface area contributed by atoms with Crippen molar-refractivity contribution in [2.24, 2.45) is 0 Å². The summed E-state index contributed by atoms with van der Waals surface area (Å²) in [7, 11) is 0. The third-order valence-corrected chi connectivity index (χ3v) is 7.58. The fourth-order valence-corrected chi connectivity index (χ4v) is 5.82. The SMILES string of the molecule is O=C(c1ccc(CSc2cccc(F)c2)cc1)N1C2CCC1CC(Oc1ccc(F)cc1F)C2. The third-order valence-electron chi connectivity index (χ3n) is 6.51. The molecule has 0 aliphatic carbocycles. The molecule has 5 rings (SSSR count). The van der Waals surface area contributed by atoms with Crippen LogP contribution in [0.15, 0.2) is 71.6 Å². The van der Waals surface area contributed by atoms with Gasteiger partial charge in [0, 0.05) is 47.2 Å². The van der Waals surface area contributed by atoms with Gasteiger partial charge in [-0.1, -0.05) is 18.2 Å². The van der Waals surface area contributed by atoms with E-state index in [-0.39, 0.29) is 35.7 Å². The van der Waals surface area contributed by atoms with Crippen LogP contribution in [0.25, 0.3) is 0 Å². The Bertz CT molecular complexity index is 1170. The second-order valence-electron chi connectivity index (χ2n) is 8.83. The highest BCUT2D eigenvalue weighted by molar-refractivity contribution is 7.98. The van der Waals surface area contributed by atoms with Gasteiger partial charge in [-0.3, -0.25) is 4.79 Å². The van der Waals surface area contributed by atoms with Crippen molar-refractivity contribution < 1.29 is 22.7 Å². The van der Waals surface area contributed by atoms with E-state index in [1.165, 1.54) is 24.3 Å². The van der Waals surface area contributed by atoms with Crippen LogP contribution in [-0.2, 0) is 5.75 Å². The van der Waals surface area contributed by atoms with Gasteiger partial charge >= 0.3 is 0 Å². The zero-order chi connectivity index (χ0) is 23.7. The van der Waals surface area contributed by atoms with Crippen molar-refractivity contribution in [2.75, 3.05) is 0 Å². The highest BCUT2D eigenvalue weighted by atomic mass is 32.2. The first-order valence-electron chi connectivity index (χ1n) is 11.4. The Hall–Kier alpha value is -2.93. The van der Waals surface area contributed by atoms with E-state index < -0.39 is 11.6 Å². The molecule has 2 aliphatic rings. The van der Waals surface area contributed by atoms with Gasteiger partial charge in [-0.25, -0.2) is 13.2 Å². The smallest absolute Gasteiger partial charge is 0.254 e. The van der Waals surface area contributed by atoms with Crippen molar-refractivity contribution in [2.45, 2.75) is 54.5 Å². The van der Waals surface area contributed by atoms with Crippen molar-refractivity contribution in [3.05, 3.63) is 95.3 Å². The average Bonchev–Trinajstić information content (AvgIpc) is 3.09. The van der Waals surface area contributed by atoms with E-state index in [1.807, 2.05) is 35.2 Å². The van der Waals surface area contributed by atoms with Gasteiger partial charge in [0.05, 0.1) is 0 Å². The number of amides is 1. The van der Waals surface area contributed by atoms with E-state index in [0.29, 0.717) is 24.2 Å². The summed E-state index contributed by atoms with van der Waals surface area (Å²) >= 11 is 1.55. The molecule has 0 N–H and O–H groups in total.